The average molecular weight is 698 g/mol. The summed E-state index contributed by atoms with van der Waals surface area (Å²) < 4.78 is 21.4. The molecule has 0 aliphatic rings. The summed E-state index contributed by atoms with van der Waals surface area (Å²) in [5.74, 6) is -0.568. The fourth-order valence-corrected chi connectivity index (χ4v) is 5.77. The van der Waals surface area contributed by atoms with Gasteiger partial charge in [0.1, 0.15) is 5.70 Å². The maximum atomic E-state index is 13.7. The summed E-state index contributed by atoms with van der Waals surface area (Å²) in [5.41, 5.74) is 2.24. The monoisotopic (exact) mass is 697 g/mol. The molecule has 0 heterocycles. The van der Waals surface area contributed by atoms with Gasteiger partial charge in [0, 0.05) is 21.8 Å². The van der Waals surface area contributed by atoms with E-state index in [2.05, 4.69) is 16.0 Å². The van der Waals surface area contributed by atoms with Crippen LogP contribution in [-0.4, -0.2) is 56.9 Å². The number of carbonyl (C=O) groups excluding carboxylic acids is 4. The van der Waals surface area contributed by atoms with Crippen molar-refractivity contribution in [1.82, 2.24) is 5.32 Å². The number of esters is 1. The molecule has 0 saturated heterocycles. The van der Waals surface area contributed by atoms with Gasteiger partial charge in [-0.1, -0.05) is 31.2 Å². The summed E-state index contributed by atoms with van der Waals surface area (Å²) >= 11 is 1.34. The summed E-state index contributed by atoms with van der Waals surface area (Å²) in [6.07, 6.45) is 2.04. The van der Waals surface area contributed by atoms with Gasteiger partial charge in [-0.05, 0) is 91.7 Å². The molecule has 0 bridgehead atoms. The Kier molecular flexibility index (Phi) is 13.4. The third-order valence-electron chi connectivity index (χ3n) is 7.22. The molecular weight excluding hydrogens is 658 g/mol. The highest BCUT2D eigenvalue weighted by atomic mass is 32.2. The van der Waals surface area contributed by atoms with E-state index in [-0.39, 0.29) is 18.2 Å². The maximum absolute atomic E-state index is 13.7. The van der Waals surface area contributed by atoms with Gasteiger partial charge in [-0.3, -0.25) is 14.4 Å². The van der Waals surface area contributed by atoms with Crippen molar-refractivity contribution in [2.24, 2.45) is 0 Å². The zero-order valence-corrected chi connectivity index (χ0v) is 29.2. The Balaban J connectivity index is 1.54. The molecule has 0 fully saturated rings. The van der Waals surface area contributed by atoms with Crippen LogP contribution in [0.25, 0.3) is 6.08 Å². The molecule has 1 atom stereocenters. The van der Waals surface area contributed by atoms with Crippen LogP contribution in [0.5, 0.6) is 17.2 Å². The Labute approximate surface area is 295 Å². The zero-order chi connectivity index (χ0) is 36.0. The van der Waals surface area contributed by atoms with Crippen molar-refractivity contribution < 1.29 is 38.1 Å². The summed E-state index contributed by atoms with van der Waals surface area (Å²) in [6, 6.07) is 25.4. The second-order valence-corrected chi connectivity index (χ2v) is 11.9. The van der Waals surface area contributed by atoms with Crippen LogP contribution in [0.4, 0.5) is 11.4 Å². The van der Waals surface area contributed by atoms with E-state index in [0.29, 0.717) is 51.7 Å². The highest BCUT2D eigenvalue weighted by Crippen LogP contribution is 2.38. The molecule has 11 nitrogen and oxygen atoms in total. The maximum Gasteiger partial charge on any atom is 0.338 e. The molecule has 4 aromatic rings. The first kappa shape index (κ1) is 37.1. The van der Waals surface area contributed by atoms with Gasteiger partial charge in [0.2, 0.25) is 11.7 Å². The zero-order valence-electron chi connectivity index (χ0n) is 28.4. The molecule has 1 unspecified atom stereocenters. The fraction of sp³-hybridized carbons (Fsp3) is 0.211. The first-order chi connectivity index (χ1) is 24.2. The van der Waals surface area contributed by atoms with Crippen LogP contribution in [0.15, 0.2) is 102 Å². The van der Waals surface area contributed by atoms with Gasteiger partial charge in [0.15, 0.2) is 11.5 Å². The molecule has 260 valence electrons. The number of ether oxygens (including phenoxy) is 4. The number of carbonyl (C=O) groups is 4. The first-order valence-electron chi connectivity index (χ1n) is 15.7. The summed E-state index contributed by atoms with van der Waals surface area (Å²) in [5, 5.41) is 8.03. The SMILES string of the molecule is CCOC(=O)c1ccc(NC(=O)C(CC)Sc2cccc(NC(=O)/C(=C\c3cc(OC)c(OC)c(OC)c3)NC(=O)c3ccccc3)c2)cc1. The van der Waals surface area contributed by atoms with E-state index < -0.39 is 23.0 Å². The number of benzene rings is 4. The van der Waals surface area contributed by atoms with Gasteiger partial charge in [0.05, 0.1) is 38.7 Å². The molecule has 0 aromatic heterocycles. The van der Waals surface area contributed by atoms with Gasteiger partial charge in [-0.25, -0.2) is 4.79 Å². The second-order valence-electron chi connectivity index (χ2n) is 10.6. The lowest BCUT2D eigenvalue weighted by Crippen LogP contribution is -2.30. The van der Waals surface area contributed by atoms with E-state index in [1.165, 1.54) is 39.2 Å². The van der Waals surface area contributed by atoms with Crippen molar-refractivity contribution in [3.05, 3.63) is 113 Å². The minimum atomic E-state index is -0.582. The van der Waals surface area contributed by atoms with Crippen LogP contribution in [0.1, 0.15) is 46.5 Å². The van der Waals surface area contributed by atoms with Crippen LogP contribution < -0.4 is 30.2 Å². The van der Waals surface area contributed by atoms with Crippen molar-refractivity contribution in [3.63, 3.8) is 0 Å². The summed E-state index contributed by atoms with van der Waals surface area (Å²) in [4.78, 5) is 52.8. The molecule has 0 spiro atoms. The quantitative estimate of drug-likeness (QED) is 0.0694. The molecule has 0 aliphatic heterocycles. The number of nitrogens with one attached hydrogen (secondary N) is 3. The Morgan fingerprint density at radius 1 is 0.740 bits per heavy atom. The summed E-state index contributed by atoms with van der Waals surface area (Å²) in [7, 11) is 4.46. The van der Waals surface area contributed by atoms with Crippen LogP contribution in [0, 0.1) is 0 Å². The Morgan fingerprint density at radius 2 is 1.42 bits per heavy atom. The molecular formula is C38H39N3O8S. The standard InChI is InChI=1S/C38H39N3O8S/c1-6-33(37(44)39-27-18-16-26(17-19-27)38(45)49-7-2)50-29-15-11-14-28(23-29)40-36(43)30(41-35(42)25-12-9-8-10-13-25)20-24-21-31(46-3)34(48-5)32(22-24)47-4/h8-23,33H,6-7H2,1-5H3,(H,39,44)(H,40,43)(H,41,42)/b30-20+. The normalized spacial score (nSPS) is 11.5. The van der Waals surface area contributed by atoms with Gasteiger partial charge in [-0.15, -0.1) is 11.8 Å². The van der Waals surface area contributed by atoms with Crippen molar-refractivity contribution in [1.29, 1.82) is 0 Å². The molecule has 4 rings (SSSR count). The lowest BCUT2D eigenvalue weighted by molar-refractivity contribution is -0.116. The lowest BCUT2D eigenvalue weighted by Gasteiger charge is -2.16. The van der Waals surface area contributed by atoms with E-state index in [9.17, 15) is 19.2 Å². The van der Waals surface area contributed by atoms with Gasteiger partial charge < -0.3 is 34.9 Å². The number of hydrogen-bond donors (Lipinski definition) is 3. The Hall–Kier alpha value is -5.75. The third kappa shape index (κ3) is 9.89. The largest absolute Gasteiger partial charge is 0.493 e. The number of methoxy groups -OCH3 is 3. The fourth-order valence-electron chi connectivity index (χ4n) is 4.75. The van der Waals surface area contributed by atoms with E-state index in [1.807, 2.05) is 13.0 Å². The third-order valence-corrected chi connectivity index (χ3v) is 8.58. The first-order valence-corrected chi connectivity index (χ1v) is 16.6. The second kappa shape index (κ2) is 18.1. The van der Waals surface area contributed by atoms with Gasteiger partial charge in [-0.2, -0.15) is 0 Å². The number of hydrogen-bond acceptors (Lipinski definition) is 9. The average Bonchev–Trinajstić information content (AvgIpc) is 3.13. The highest BCUT2D eigenvalue weighted by Gasteiger charge is 2.21. The van der Waals surface area contributed by atoms with E-state index >= 15 is 0 Å². The molecule has 50 heavy (non-hydrogen) atoms. The minimum Gasteiger partial charge on any atom is -0.493 e. The molecule has 3 amide bonds. The Bertz CT molecular complexity index is 1820. The molecule has 0 radical (unpaired) electrons. The van der Waals surface area contributed by atoms with Crippen molar-refractivity contribution in [3.8, 4) is 17.2 Å². The van der Waals surface area contributed by atoms with Crippen LogP contribution in [-0.2, 0) is 14.3 Å². The van der Waals surface area contributed by atoms with Crippen molar-refractivity contribution in [2.45, 2.75) is 30.4 Å². The lowest BCUT2D eigenvalue weighted by atomic mass is 10.1. The number of rotatable bonds is 15. The minimum absolute atomic E-state index is 0.0361. The van der Waals surface area contributed by atoms with Gasteiger partial charge >= 0.3 is 5.97 Å². The van der Waals surface area contributed by atoms with Crippen molar-refractivity contribution >= 4 is 52.9 Å². The topological polar surface area (TPSA) is 141 Å². The molecule has 3 N–H and O–H groups in total. The number of anilines is 2. The summed E-state index contributed by atoms with van der Waals surface area (Å²) in [6.45, 7) is 3.91. The molecule has 0 saturated carbocycles. The predicted octanol–water partition coefficient (Wildman–Crippen LogP) is 6.81. The number of thioether (sulfide) groups is 1. The number of amides is 3. The van der Waals surface area contributed by atoms with Gasteiger partial charge in [0.25, 0.3) is 11.8 Å². The van der Waals surface area contributed by atoms with Crippen molar-refractivity contribution in [2.75, 3.05) is 38.6 Å². The van der Waals surface area contributed by atoms with Crippen LogP contribution >= 0.6 is 11.8 Å². The molecule has 0 aliphatic carbocycles. The smallest absolute Gasteiger partial charge is 0.338 e. The van der Waals surface area contributed by atoms with E-state index in [1.54, 1.807) is 91.9 Å². The van der Waals surface area contributed by atoms with E-state index in [4.69, 9.17) is 18.9 Å². The van der Waals surface area contributed by atoms with Crippen LogP contribution in [0.2, 0.25) is 0 Å². The predicted molar refractivity (Wildman–Crippen MR) is 194 cm³/mol. The Morgan fingerprint density at radius 3 is 2.02 bits per heavy atom. The highest BCUT2D eigenvalue weighted by molar-refractivity contribution is 8.00. The van der Waals surface area contributed by atoms with E-state index in [0.717, 1.165) is 4.90 Å². The molecule has 4 aromatic carbocycles. The van der Waals surface area contributed by atoms with Crippen LogP contribution in [0.3, 0.4) is 0 Å². The molecule has 12 heteroatoms.